The van der Waals surface area contributed by atoms with Crippen LogP contribution in [0.3, 0.4) is 0 Å². The van der Waals surface area contributed by atoms with Crippen LogP contribution in [0.5, 0.6) is 0 Å². The zero-order valence-corrected chi connectivity index (χ0v) is 17.6. The molecule has 1 aliphatic carbocycles. The molecule has 0 radical (unpaired) electrons. The predicted molar refractivity (Wildman–Crippen MR) is 113 cm³/mol. The minimum atomic E-state index is -0.990. The molecule has 4 N–H and O–H groups in total. The van der Waals surface area contributed by atoms with E-state index in [0.29, 0.717) is 12.1 Å². The van der Waals surface area contributed by atoms with E-state index in [-0.39, 0.29) is 17.4 Å². The fraction of sp³-hybridized carbons (Fsp3) is 0.500. The monoisotopic (exact) mass is 447 g/mol. The van der Waals surface area contributed by atoms with E-state index in [1.165, 1.54) is 12.3 Å². The molecule has 8 nitrogen and oxygen atoms in total. The first-order valence-corrected chi connectivity index (χ1v) is 10.9. The van der Waals surface area contributed by atoms with Gasteiger partial charge in [-0.25, -0.2) is 8.78 Å². The Hall–Kier alpha value is -2.85. The number of aromatic nitrogens is 2. The number of anilines is 1. The quantitative estimate of drug-likeness (QED) is 0.545. The molecule has 4 rings (SSSR count). The Morgan fingerprint density at radius 2 is 1.56 bits per heavy atom. The summed E-state index contributed by atoms with van der Waals surface area (Å²) in [5.41, 5.74) is -0.682. The molecule has 2 aliphatic rings. The lowest BCUT2D eigenvalue weighted by Gasteiger charge is -2.33. The van der Waals surface area contributed by atoms with Gasteiger partial charge < -0.3 is 20.7 Å². The number of ether oxygens (including phenoxy) is 1. The molecule has 32 heavy (non-hydrogen) atoms. The molecule has 2 heterocycles. The highest BCUT2D eigenvalue weighted by Gasteiger charge is 2.27. The smallest absolute Gasteiger partial charge is 0.274 e. The Labute approximate surface area is 184 Å². The van der Waals surface area contributed by atoms with Crippen LogP contribution in [0.4, 0.5) is 14.5 Å². The number of aromatic amines is 1. The van der Waals surface area contributed by atoms with Crippen molar-refractivity contribution in [1.29, 1.82) is 0 Å². The molecule has 2 fully saturated rings. The van der Waals surface area contributed by atoms with Crippen molar-refractivity contribution in [2.45, 2.75) is 56.7 Å². The van der Waals surface area contributed by atoms with Crippen molar-refractivity contribution in [3.05, 3.63) is 47.3 Å². The second-order valence-electron chi connectivity index (χ2n) is 8.27. The van der Waals surface area contributed by atoms with E-state index in [9.17, 15) is 18.4 Å². The maximum atomic E-state index is 13.9. The van der Waals surface area contributed by atoms with Crippen LogP contribution in [0.25, 0.3) is 0 Å². The van der Waals surface area contributed by atoms with E-state index >= 15 is 0 Å². The Kier molecular flexibility index (Phi) is 7.11. The topological polar surface area (TPSA) is 108 Å². The van der Waals surface area contributed by atoms with Crippen LogP contribution in [0.2, 0.25) is 0 Å². The van der Waals surface area contributed by atoms with Gasteiger partial charge in [0.25, 0.3) is 11.8 Å². The van der Waals surface area contributed by atoms with Gasteiger partial charge in [-0.05, 0) is 50.7 Å². The Morgan fingerprint density at radius 3 is 2.25 bits per heavy atom. The number of carbonyl (C=O) groups is 2. The van der Waals surface area contributed by atoms with E-state index in [2.05, 4.69) is 26.1 Å². The minimum Gasteiger partial charge on any atom is -0.381 e. The van der Waals surface area contributed by atoms with Gasteiger partial charge in [0.2, 0.25) is 0 Å². The number of amides is 2. The average molecular weight is 447 g/mol. The van der Waals surface area contributed by atoms with Crippen LogP contribution < -0.4 is 16.0 Å². The van der Waals surface area contributed by atoms with Crippen molar-refractivity contribution in [2.75, 3.05) is 18.5 Å². The van der Waals surface area contributed by atoms with Crippen molar-refractivity contribution in [3.63, 3.8) is 0 Å². The van der Waals surface area contributed by atoms with Crippen molar-refractivity contribution in [1.82, 2.24) is 20.8 Å². The van der Waals surface area contributed by atoms with Crippen molar-refractivity contribution in [3.8, 4) is 0 Å². The molecular weight excluding hydrogens is 420 g/mol. The molecule has 10 heteroatoms. The highest BCUT2D eigenvalue weighted by Crippen LogP contribution is 2.22. The Balaban J connectivity index is 1.30. The van der Waals surface area contributed by atoms with E-state index < -0.39 is 29.0 Å². The van der Waals surface area contributed by atoms with E-state index in [4.69, 9.17) is 4.74 Å². The third kappa shape index (κ3) is 5.31. The number of hydrogen-bond donors (Lipinski definition) is 4. The second-order valence-corrected chi connectivity index (χ2v) is 8.27. The third-order valence-corrected chi connectivity index (χ3v) is 6.05. The first-order chi connectivity index (χ1) is 15.5. The molecular formula is C22H27F2N5O3. The number of nitrogens with zero attached hydrogens (tertiary/aromatic N) is 1. The summed E-state index contributed by atoms with van der Waals surface area (Å²) in [5, 5.41) is 15.4. The Bertz CT molecular complexity index is 933. The predicted octanol–water partition coefficient (Wildman–Crippen LogP) is 2.75. The first kappa shape index (κ1) is 22.3. The summed E-state index contributed by atoms with van der Waals surface area (Å²) in [6, 6.07) is 4.09. The number of halogens is 2. The molecule has 172 valence electrons. The van der Waals surface area contributed by atoms with Gasteiger partial charge in [-0.1, -0.05) is 6.07 Å². The fourth-order valence-electron chi connectivity index (χ4n) is 4.31. The molecule has 1 aromatic carbocycles. The molecule has 2 amide bonds. The van der Waals surface area contributed by atoms with Gasteiger partial charge in [0.1, 0.15) is 17.2 Å². The summed E-state index contributed by atoms with van der Waals surface area (Å²) < 4.78 is 33.1. The standard InChI is InChI=1S/C22H27F2N5O3/c23-16-2-1-3-17(24)19(16)21(30)28-18-12-25-29-20(18)22(31)27-14-6-4-13(5-7-14)26-15-8-10-32-11-9-15/h1-3,12-15,26H,4-11H2,(H,25,29)(H,27,31)(H,28,30)/t13-,14+. The van der Waals surface area contributed by atoms with Crippen LogP contribution in [-0.4, -0.2) is 53.4 Å². The van der Waals surface area contributed by atoms with Gasteiger partial charge in [0, 0.05) is 37.5 Å². The number of hydrogen-bond acceptors (Lipinski definition) is 5. The Morgan fingerprint density at radius 1 is 0.938 bits per heavy atom. The van der Waals surface area contributed by atoms with Crippen LogP contribution in [0, 0.1) is 11.6 Å². The third-order valence-electron chi connectivity index (χ3n) is 6.05. The minimum absolute atomic E-state index is 0.000460. The molecule has 1 saturated heterocycles. The first-order valence-electron chi connectivity index (χ1n) is 10.9. The lowest BCUT2D eigenvalue weighted by Crippen LogP contribution is -2.46. The number of rotatable bonds is 6. The summed E-state index contributed by atoms with van der Waals surface area (Å²) >= 11 is 0. The highest BCUT2D eigenvalue weighted by molar-refractivity contribution is 6.08. The molecule has 0 atom stereocenters. The maximum absolute atomic E-state index is 13.9. The molecule has 1 saturated carbocycles. The highest BCUT2D eigenvalue weighted by atomic mass is 19.1. The number of nitrogens with one attached hydrogen (secondary N) is 4. The summed E-state index contributed by atoms with van der Waals surface area (Å²) in [4.78, 5) is 25.1. The fourth-order valence-corrected chi connectivity index (χ4v) is 4.31. The van der Waals surface area contributed by atoms with Crippen LogP contribution >= 0.6 is 0 Å². The molecule has 1 aromatic heterocycles. The van der Waals surface area contributed by atoms with Gasteiger partial charge in [0.15, 0.2) is 5.69 Å². The molecule has 1 aliphatic heterocycles. The van der Waals surface area contributed by atoms with Gasteiger partial charge in [0.05, 0.1) is 5.69 Å². The molecule has 2 aromatic rings. The summed E-state index contributed by atoms with van der Waals surface area (Å²) in [7, 11) is 0. The van der Waals surface area contributed by atoms with E-state index in [1.54, 1.807) is 0 Å². The van der Waals surface area contributed by atoms with Crippen LogP contribution in [0.15, 0.2) is 24.4 Å². The maximum Gasteiger partial charge on any atom is 0.274 e. The van der Waals surface area contributed by atoms with Crippen molar-refractivity contribution in [2.24, 2.45) is 0 Å². The van der Waals surface area contributed by atoms with E-state index in [0.717, 1.165) is 63.9 Å². The zero-order valence-electron chi connectivity index (χ0n) is 17.6. The normalized spacial score (nSPS) is 21.8. The lowest BCUT2D eigenvalue weighted by molar-refractivity contribution is 0.0721. The summed E-state index contributed by atoms with van der Waals surface area (Å²) in [6.45, 7) is 1.60. The van der Waals surface area contributed by atoms with Crippen molar-refractivity contribution < 1.29 is 23.1 Å². The number of benzene rings is 1. The van der Waals surface area contributed by atoms with Gasteiger partial charge in [-0.2, -0.15) is 5.10 Å². The molecule has 0 spiro atoms. The van der Waals surface area contributed by atoms with Crippen molar-refractivity contribution >= 4 is 17.5 Å². The van der Waals surface area contributed by atoms with Crippen LogP contribution in [0.1, 0.15) is 59.4 Å². The number of H-pyrrole nitrogens is 1. The zero-order chi connectivity index (χ0) is 22.5. The van der Waals surface area contributed by atoms with E-state index in [1.807, 2.05) is 0 Å². The molecule has 0 unspecified atom stereocenters. The average Bonchev–Trinajstić information content (AvgIpc) is 3.24. The van der Waals surface area contributed by atoms with Gasteiger partial charge >= 0.3 is 0 Å². The van der Waals surface area contributed by atoms with Crippen LogP contribution in [-0.2, 0) is 4.74 Å². The lowest BCUT2D eigenvalue weighted by atomic mass is 9.90. The summed E-state index contributed by atoms with van der Waals surface area (Å²) in [6.07, 6.45) is 6.94. The second kappa shape index (κ2) is 10.2. The van der Waals surface area contributed by atoms with Gasteiger partial charge in [-0.15, -0.1) is 0 Å². The summed E-state index contributed by atoms with van der Waals surface area (Å²) in [5.74, 6) is -3.40. The largest absolute Gasteiger partial charge is 0.381 e. The SMILES string of the molecule is O=C(N[C@H]1CC[C@@H](NC2CCOCC2)CC1)c1n[nH]cc1NC(=O)c1c(F)cccc1F. The van der Waals surface area contributed by atoms with Gasteiger partial charge in [-0.3, -0.25) is 14.7 Å². The molecule has 0 bridgehead atoms. The number of carbonyl (C=O) groups excluding carboxylic acids is 2.